The van der Waals surface area contributed by atoms with E-state index in [9.17, 15) is 4.79 Å². The summed E-state index contributed by atoms with van der Waals surface area (Å²) in [4.78, 5) is 11.9. The summed E-state index contributed by atoms with van der Waals surface area (Å²) in [6.45, 7) is 4.31. The molecule has 2 amide bonds. The van der Waals surface area contributed by atoms with Crippen molar-refractivity contribution in [2.45, 2.75) is 25.9 Å². The van der Waals surface area contributed by atoms with Crippen molar-refractivity contribution in [3.8, 4) is 11.5 Å². The zero-order valence-corrected chi connectivity index (χ0v) is 13.7. The van der Waals surface area contributed by atoms with Gasteiger partial charge in [-0.25, -0.2) is 4.79 Å². The molecule has 0 spiro atoms. The molecule has 0 saturated heterocycles. The van der Waals surface area contributed by atoms with E-state index in [0.29, 0.717) is 26.3 Å². The SMILES string of the molecule is C[C@@H](Cn1cccn1)NC(=O)NCCc1ccc2c(c1)OCCO2. The molecule has 0 bridgehead atoms. The van der Waals surface area contributed by atoms with Crippen LogP contribution in [-0.2, 0) is 13.0 Å². The zero-order valence-electron chi connectivity index (χ0n) is 13.7. The molecule has 1 aromatic heterocycles. The predicted octanol–water partition coefficient (Wildman–Crippen LogP) is 1.58. The summed E-state index contributed by atoms with van der Waals surface area (Å²) in [5, 5.41) is 9.89. The van der Waals surface area contributed by atoms with Gasteiger partial charge in [-0.3, -0.25) is 4.68 Å². The summed E-state index contributed by atoms with van der Waals surface area (Å²) in [5.74, 6) is 1.55. The molecule has 128 valence electrons. The number of urea groups is 1. The van der Waals surface area contributed by atoms with Crippen molar-refractivity contribution in [3.05, 3.63) is 42.2 Å². The third kappa shape index (κ3) is 4.41. The van der Waals surface area contributed by atoms with Gasteiger partial charge in [-0.1, -0.05) is 6.07 Å². The summed E-state index contributed by atoms with van der Waals surface area (Å²) in [7, 11) is 0. The Morgan fingerprint density at radius 2 is 2.17 bits per heavy atom. The molecular weight excluding hydrogens is 308 g/mol. The molecule has 0 unspecified atom stereocenters. The number of amides is 2. The topological polar surface area (TPSA) is 77.4 Å². The molecular formula is C17H22N4O3. The van der Waals surface area contributed by atoms with Crippen LogP contribution in [0.4, 0.5) is 4.79 Å². The molecule has 1 aliphatic heterocycles. The first-order valence-corrected chi connectivity index (χ1v) is 8.11. The Hall–Kier alpha value is -2.70. The Morgan fingerprint density at radius 3 is 2.96 bits per heavy atom. The van der Waals surface area contributed by atoms with E-state index in [1.165, 1.54) is 0 Å². The van der Waals surface area contributed by atoms with E-state index in [1.54, 1.807) is 10.9 Å². The minimum Gasteiger partial charge on any atom is -0.486 e. The van der Waals surface area contributed by atoms with Gasteiger partial charge in [0.1, 0.15) is 13.2 Å². The number of rotatable bonds is 6. The van der Waals surface area contributed by atoms with Gasteiger partial charge in [-0.05, 0) is 37.1 Å². The van der Waals surface area contributed by atoms with Crippen molar-refractivity contribution in [1.82, 2.24) is 20.4 Å². The van der Waals surface area contributed by atoms with Crippen LogP contribution in [0.5, 0.6) is 11.5 Å². The summed E-state index contributed by atoms with van der Waals surface area (Å²) < 4.78 is 12.8. The van der Waals surface area contributed by atoms with Crippen LogP contribution in [0.15, 0.2) is 36.7 Å². The smallest absolute Gasteiger partial charge is 0.315 e. The van der Waals surface area contributed by atoms with Crippen LogP contribution < -0.4 is 20.1 Å². The molecule has 7 heteroatoms. The van der Waals surface area contributed by atoms with Gasteiger partial charge in [0.05, 0.1) is 6.54 Å². The van der Waals surface area contributed by atoms with Gasteiger partial charge < -0.3 is 20.1 Å². The summed E-state index contributed by atoms with van der Waals surface area (Å²) in [6, 6.07) is 7.56. The van der Waals surface area contributed by atoms with E-state index in [1.807, 2.05) is 37.4 Å². The maximum Gasteiger partial charge on any atom is 0.315 e. The number of aromatic nitrogens is 2. The monoisotopic (exact) mass is 330 g/mol. The standard InChI is InChI=1S/C17H22N4O3/c1-13(12-21-8-2-6-19-21)20-17(22)18-7-5-14-3-4-15-16(11-14)24-10-9-23-15/h2-4,6,8,11,13H,5,7,9-10,12H2,1H3,(H2,18,20,22)/t13-/m0/s1. The second-order valence-corrected chi connectivity index (χ2v) is 5.76. The van der Waals surface area contributed by atoms with Gasteiger partial charge >= 0.3 is 6.03 Å². The van der Waals surface area contributed by atoms with Crippen molar-refractivity contribution < 1.29 is 14.3 Å². The lowest BCUT2D eigenvalue weighted by Gasteiger charge is -2.19. The summed E-state index contributed by atoms with van der Waals surface area (Å²) in [6.07, 6.45) is 4.33. The molecule has 24 heavy (non-hydrogen) atoms. The highest BCUT2D eigenvalue weighted by atomic mass is 16.6. The predicted molar refractivity (Wildman–Crippen MR) is 89.4 cm³/mol. The fourth-order valence-electron chi connectivity index (χ4n) is 2.57. The molecule has 1 aliphatic rings. The van der Waals surface area contributed by atoms with Crippen LogP contribution in [0, 0.1) is 0 Å². The van der Waals surface area contributed by atoms with Crippen molar-refractivity contribution >= 4 is 6.03 Å². The Bertz CT molecular complexity index is 672. The van der Waals surface area contributed by atoms with E-state index >= 15 is 0 Å². The van der Waals surface area contributed by atoms with Gasteiger partial charge in [-0.15, -0.1) is 0 Å². The second kappa shape index (κ2) is 7.72. The van der Waals surface area contributed by atoms with Gasteiger partial charge in [0, 0.05) is 25.0 Å². The first kappa shape index (κ1) is 16.2. The third-order valence-electron chi connectivity index (χ3n) is 3.70. The lowest BCUT2D eigenvalue weighted by atomic mass is 10.1. The number of carbonyl (C=O) groups is 1. The molecule has 0 fully saturated rings. The van der Waals surface area contributed by atoms with Crippen LogP contribution in [0.3, 0.4) is 0 Å². The highest BCUT2D eigenvalue weighted by Gasteiger charge is 2.12. The normalized spacial score (nSPS) is 14.0. The molecule has 0 aliphatic carbocycles. The van der Waals surface area contributed by atoms with Gasteiger partial charge in [0.2, 0.25) is 0 Å². The number of nitrogens with zero attached hydrogens (tertiary/aromatic N) is 2. The molecule has 3 rings (SSSR count). The molecule has 2 N–H and O–H groups in total. The van der Waals surface area contributed by atoms with Crippen molar-refractivity contribution in [1.29, 1.82) is 0 Å². The van der Waals surface area contributed by atoms with Crippen molar-refractivity contribution in [2.24, 2.45) is 0 Å². The van der Waals surface area contributed by atoms with E-state index in [2.05, 4.69) is 15.7 Å². The molecule has 1 aromatic carbocycles. The number of nitrogens with one attached hydrogen (secondary N) is 2. The van der Waals surface area contributed by atoms with Crippen LogP contribution >= 0.6 is 0 Å². The molecule has 0 radical (unpaired) electrons. The molecule has 0 saturated carbocycles. The maximum atomic E-state index is 11.9. The van der Waals surface area contributed by atoms with Gasteiger partial charge in [-0.2, -0.15) is 5.10 Å². The lowest BCUT2D eigenvalue weighted by molar-refractivity contribution is 0.171. The van der Waals surface area contributed by atoms with E-state index < -0.39 is 0 Å². The summed E-state index contributed by atoms with van der Waals surface area (Å²) in [5.41, 5.74) is 1.10. The quantitative estimate of drug-likeness (QED) is 0.843. The molecule has 2 heterocycles. The minimum atomic E-state index is -0.174. The number of hydrogen-bond acceptors (Lipinski definition) is 4. The highest BCUT2D eigenvalue weighted by molar-refractivity contribution is 5.74. The largest absolute Gasteiger partial charge is 0.486 e. The average molecular weight is 330 g/mol. The fraction of sp³-hybridized carbons (Fsp3) is 0.412. The number of hydrogen-bond donors (Lipinski definition) is 2. The lowest BCUT2D eigenvalue weighted by Crippen LogP contribution is -2.43. The van der Waals surface area contributed by atoms with Crippen LogP contribution in [0.25, 0.3) is 0 Å². The summed E-state index contributed by atoms with van der Waals surface area (Å²) >= 11 is 0. The van der Waals surface area contributed by atoms with Crippen LogP contribution in [0.2, 0.25) is 0 Å². The average Bonchev–Trinajstić information content (AvgIpc) is 3.07. The minimum absolute atomic E-state index is 0.000747. The van der Waals surface area contributed by atoms with Gasteiger partial charge in [0.25, 0.3) is 0 Å². The van der Waals surface area contributed by atoms with Crippen LogP contribution in [0.1, 0.15) is 12.5 Å². The number of fused-ring (bicyclic) bond motifs is 1. The first-order valence-electron chi connectivity index (χ1n) is 8.11. The maximum absolute atomic E-state index is 11.9. The fourth-order valence-corrected chi connectivity index (χ4v) is 2.57. The molecule has 1 atom stereocenters. The zero-order chi connectivity index (χ0) is 16.8. The third-order valence-corrected chi connectivity index (χ3v) is 3.70. The molecule has 7 nitrogen and oxygen atoms in total. The Morgan fingerprint density at radius 1 is 1.33 bits per heavy atom. The highest BCUT2D eigenvalue weighted by Crippen LogP contribution is 2.30. The van der Waals surface area contributed by atoms with E-state index in [0.717, 1.165) is 23.5 Å². The number of carbonyl (C=O) groups excluding carboxylic acids is 1. The van der Waals surface area contributed by atoms with E-state index in [-0.39, 0.29) is 12.1 Å². The Balaban J connectivity index is 1.40. The first-order chi connectivity index (χ1) is 11.7. The molecule has 2 aromatic rings. The Kier molecular flexibility index (Phi) is 5.20. The van der Waals surface area contributed by atoms with Crippen molar-refractivity contribution in [2.75, 3.05) is 19.8 Å². The van der Waals surface area contributed by atoms with Gasteiger partial charge in [0.15, 0.2) is 11.5 Å². The van der Waals surface area contributed by atoms with Crippen LogP contribution in [-0.4, -0.2) is 41.6 Å². The van der Waals surface area contributed by atoms with Crippen molar-refractivity contribution in [3.63, 3.8) is 0 Å². The number of benzene rings is 1. The Labute approximate surface area is 140 Å². The van der Waals surface area contributed by atoms with E-state index in [4.69, 9.17) is 9.47 Å². The second-order valence-electron chi connectivity index (χ2n) is 5.76. The number of ether oxygens (including phenoxy) is 2.